The maximum atomic E-state index is 7.14. The Morgan fingerprint density at radius 1 is 2.00 bits per heavy atom. The Balaban J connectivity index is 2.43. The van der Waals surface area contributed by atoms with Crippen LogP contribution in [0.1, 0.15) is 0 Å². The molecule has 4 heavy (non-hydrogen) atoms. The Bertz CT molecular complexity index is 33.8. The Hall–Kier alpha value is -0.680. The van der Waals surface area contributed by atoms with Gasteiger partial charge in [-0.25, -0.2) is 0 Å². The second-order valence-corrected chi connectivity index (χ2v) is 0.209. The van der Waals surface area contributed by atoms with Crippen LogP contribution in [0, 0.1) is 12.5 Å². The van der Waals surface area contributed by atoms with Crippen LogP contribution < -0.4 is 0 Å². The van der Waals surface area contributed by atoms with Gasteiger partial charge in [0.05, 0.1) is 0 Å². The summed E-state index contributed by atoms with van der Waals surface area (Å²) in [5, 5.41) is 7.14. The van der Waals surface area contributed by atoms with Crippen molar-refractivity contribution < 1.29 is 10.1 Å². The van der Waals surface area contributed by atoms with Gasteiger partial charge in [0.25, 0.3) is 0 Å². The molecule has 0 aliphatic rings. The lowest BCUT2D eigenvalue weighted by Gasteiger charge is -1.62. The van der Waals surface area contributed by atoms with Crippen LogP contribution in [0.4, 0.5) is 0 Å². The summed E-state index contributed by atoms with van der Waals surface area (Å²) in [6.45, 7) is 0. The highest BCUT2D eigenvalue weighted by Gasteiger charge is 1.37. The molecule has 0 fully saturated rings. The minimum absolute atomic E-state index is 1.49. The average molecular weight is 58.0 g/mol. The van der Waals surface area contributed by atoms with E-state index in [1.807, 2.05) is 0 Å². The standard InChI is InChI=1S/C2H2O2/c1-2-4-3/h1,3H. The van der Waals surface area contributed by atoms with E-state index in [1.54, 1.807) is 0 Å². The normalized spacial score (nSPS) is 4.00. The van der Waals surface area contributed by atoms with E-state index in [9.17, 15) is 0 Å². The Morgan fingerprint density at radius 3 is 2.25 bits per heavy atom. The fourth-order valence-corrected chi connectivity index (χ4v) is 0. The summed E-state index contributed by atoms with van der Waals surface area (Å²) in [6.07, 6.45) is 5.79. The molecule has 0 aromatic heterocycles. The highest BCUT2D eigenvalue weighted by atomic mass is 17.1. The number of terminal acetylenes is 1. The van der Waals surface area contributed by atoms with E-state index in [4.69, 9.17) is 5.26 Å². The highest BCUT2D eigenvalue weighted by molar-refractivity contribution is 4.64. The van der Waals surface area contributed by atoms with Crippen molar-refractivity contribution in [2.75, 3.05) is 0 Å². The van der Waals surface area contributed by atoms with Crippen LogP contribution in [0.2, 0.25) is 0 Å². The van der Waals surface area contributed by atoms with Gasteiger partial charge in [-0.15, -0.1) is 0 Å². The Kier molecular flexibility index (Phi) is 1.93. The van der Waals surface area contributed by atoms with Gasteiger partial charge in [0.2, 0.25) is 0 Å². The SMILES string of the molecule is C#COO. The van der Waals surface area contributed by atoms with Crippen LogP contribution in [-0.4, -0.2) is 5.26 Å². The number of hydrogen-bond donors (Lipinski definition) is 1. The van der Waals surface area contributed by atoms with Crippen LogP contribution in [-0.2, 0) is 4.89 Å². The number of hydrogen-bond acceptors (Lipinski definition) is 2. The van der Waals surface area contributed by atoms with Crippen LogP contribution in [0.15, 0.2) is 0 Å². The van der Waals surface area contributed by atoms with Gasteiger partial charge in [-0.3, -0.25) is 4.89 Å². The van der Waals surface area contributed by atoms with Gasteiger partial charge in [0.1, 0.15) is 0 Å². The minimum Gasteiger partial charge on any atom is -0.285 e. The first kappa shape index (κ1) is 3.32. The summed E-state index contributed by atoms with van der Waals surface area (Å²) in [5.41, 5.74) is 0. The number of rotatable bonds is 0. The second-order valence-electron chi connectivity index (χ2n) is 0.209. The molecular weight excluding hydrogens is 56.0 g/mol. The molecule has 0 rings (SSSR count). The first-order valence-electron chi connectivity index (χ1n) is 0.675. The molecule has 2 nitrogen and oxygen atoms in total. The lowest BCUT2D eigenvalue weighted by Crippen LogP contribution is -1.58. The molecule has 0 aromatic rings. The van der Waals surface area contributed by atoms with Crippen LogP contribution in [0.5, 0.6) is 0 Å². The van der Waals surface area contributed by atoms with E-state index in [1.165, 1.54) is 6.11 Å². The largest absolute Gasteiger partial charge is 0.285 e. The van der Waals surface area contributed by atoms with Crippen molar-refractivity contribution in [2.45, 2.75) is 0 Å². The zero-order valence-corrected chi connectivity index (χ0v) is 1.93. The monoisotopic (exact) mass is 58.0 g/mol. The van der Waals surface area contributed by atoms with Crippen molar-refractivity contribution in [1.29, 1.82) is 0 Å². The highest BCUT2D eigenvalue weighted by Crippen LogP contribution is 1.39. The second kappa shape index (κ2) is 2.32. The third kappa shape index (κ3) is 1.32. The molecule has 0 aromatic carbocycles. The molecular formula is C2H2O2. The van der Waals surface area contributed by atoms with Crippen LogP contribution >= 0.6 is 0 Å². The molecule has 0 saturated carbocycles. The summed E-state index contributed by atoms with van der Waals surface area (Å²) >= 11 is 0. The molecule has 0 radical (unpaired) electrons. The lowest BCUT2D eigenvalue weighted by atomic mass is 11.3. The molecule has 0 spiro atoms. The molecule has 0 amide bonds. The van der Waals surface area contributed by atoms with Crippen molar-refractivity contribution in [2.24, 2.45) is 0 Å². The quantitative estimate of drug-likeness (QED) is 0.242. The molecule has 0 saturated heterocycles. The van der Waals surface area contributed by atoms with Gasteiger partial charge in [0.15, 0.2) is 6.11 Å². The maximum absolute atomic E-state index is 7.14. The van der Waals surface area contributed by atoms with E-state index >= 15 is 0 Å². The minimum atomic E-state index is 1.49. The van der Waals surface area contributed by atoms with Gasteiger partial charge in [-0.05, 0) is 0 Å². The summed E-state index contributed by atoms with van der Waals surface area (Å²) in [6, 6.07) is 0. The smallest absolute Gasteiger partial charge is 0.153 e. The summed E-state index contributed by atoms with van der Waals surface area (Å²) in [4.78, 5) is 3.07. The Morgan fingerprint density at radius 2 is 2.25 bits per heavy atom. The summed E-state index contributed by atoms with van der Waals surface area (Å²) in [5.74, 6) is 0. The van der Waals surface area contributed by atoms with Crippen molar-refractivity contribution >= 4 is 0 Å². The van der Waals surface area contributed by atoms with Gasteiger partial charge in [0, 0.05) is 0 Å². The van der Waals surface area contributed by atoms with Crippen molar-refractivity contribution in [3.63, 3.8) is 0 Å². The molecule has 0 aliphatic carbocycles. The van der Waals surface area contributed by atoms with Gasteiger partial charge in [-0.2, -0.15) is 5.26 Å². The Labute approximate surface area is 23.9 Å². The van der Waals surface area contributed by atoms with Crippen molar-refractivity contribution in [3.8, 4) is 12.5 Å². The molecule has 0 bridgehead atoms. The van der Waals surface area contributed by atoms with Gasteiger partial charge < -0.3 is 0 Å². The van der Waals surface area contributed by atoms with E-state index in [-0.39, 0.29) is 0 Å². The zero-order valence-electron chi connectivity index (χ0n) is 1.93. The zero-order chi connectivity index (χ0) is 3.41. The van der Waals surface area contributed by atoms with Crippen molar-refractivity contribution in [1.82, 2.24) is 0 Å². The van der Waals surface area contributed by atoms with Crippen LogP contribution in [0.3, 0.4) is 0 Å². The molecule has 0 atom stereocenters. The predicted octanol–water partition coefficient (Wildman–Crippen LogP) is 0.0667. The molecule has 22 valence electrons. The van der Waals surface area contributed by atoms with E-state index in [2.05, 4.69) is 11.3 Å². The summed E-state index contributed by atoms with van der Waals surface area (Å²) < 4.78 is 0. The van der Waals surface area contributed by atoms with Gasteiger partial charge in [-0.1, -0.05) is 6.42 Å². The summed E-state index contributed by atoms with van der Waals surface area (Å²) in [7, 11) is 0. The third-order valence-corrected chi connectivity index (χ3v) is 0.0527. The molecule has 0 heterocycles. The van der Waals surface area contributed by atoms with E-state index in [0.29, 0.717) is 0 Å². The topological polar surface area (TPSA) is 29.5 Å². The van der Waals surface area contributed by atoms with Crippen LogP contribution in [0.25, 0.3) is 0 Å². The maximum Gasteiger partial charge on any atom is 0.153 e. The van der Waals surface area contributed by atoms with E-state index in [0.717, 1.165) is 0 Å². The van der Waals surface area contributed by atoms with Crippen molar-refractivity contribution in [3.05, 3.63) is 0 Å². The molecule has 2 heteroatoms. The fraction of sp³-hybridized carbons (Fsp3) is 0. The lowest BCUT2D eigenvalue weighted by molar-refractivity contribution is -0.171. The van der Waals surface area contributed by atoms with E-state index < -0.39 is 0 Å². The average Bonchev–Trinajstić information content (AvgIpc) is 1.37. The first-order chi connectivity index (χ1) is 1.91. The molecule has 0 aliphatic heterocycles. The van der Waals surface area contributed by atoms with Gasteiger partial charge >= 0.3 is 0 Å². The fourth-order valence-electron chi connectivity index (χ4n) is 0. The third-order valence-electron chi connectivity index (χ3n) is 0.0527. The molecule has 0 unspecified atom stereocenters. The first-order valence-corrected chi connectivity index (χ1v) is 0.675. The predicted molar refractivity (Wildman–Crippen MR) is 12.5 cm³/mol. The molecule has 1 N–H and O–H groups in total.